The van der Waals surface area contributed by atoms with Gasteiger partial charge >= 0.3 is 16.1 Å². The van der Waals surface area contributed by atoms with E-state index in [4.69, 9.17) is 24.7 Å². The fourth-order valence-corrected chi connectivity index (χ4v) is 6.19. The summed E-state index contributed by atoms with van der Waals surface area (Å²) >= 11 is 0. The summed E-state index contributed by atoms with van der Waals surface area (Å²) in [6, 6.07) is 14.2. The number of rotatable bonds is 12. The van der Waals surface area contributed by atoms with Gasteiger partial charge in [-0.2, -0.15) is 8.42 Å². The maximum absolute atomic E-state index is 13.4. The van der Waals surface area contributed by atoms with Crippen molar-refractivity contribution in [3.63, 3.8) is 0 Å². The van der Waals surface area contributed by atoms with E-state index in [1.165, 1.54) is 55.6 Å². The monoisotopic (exact) mass is 592 g/mol. The molecule has 0 aromatic heterocycles. The summed E-state index contributed by atoms with van der Waals surface area (Å²) in [6.07, 6.45) is 0.745. The van der Waals surface area contributed by atoms with Crippen LogP contribution in [-0.4, -0.2) is 47.5 Å². The minimum atomic E-state index is -4.67. The molecule has 0 atom stereocenters. The average molecular weight is 593 g/mol. The number of aromatic carboxylic acids is 1. The summed E-state index contributed by atoms with van der Waals surface area (Å²) in [5.74, 6) is -1.42. The number of carboxylic acid groups (broad SMARTS) is 1. The number of anilines is 1. The zero-order chi connectivity index (χ0) is 29.5. The summed E-state index contributed by atoms with van der Waals surface area (Å²) in [7, 11) is -7.88. The number of nitrogens with one attached hydrogen (secondary N) is 1. The number of hydrogen-bond donors (Lipinski definition) is 3. The SMILES string of the molecule is CCCONC(N)=NOc1cc(C)cc(OS(=O)(=O)c2ccccc2S(=O)(=O)N(C)c2ccc(C(=O)O)cc2)c1. The zero-order valence-electron chi connectivity index (χ0n) is 21.8. The van der Waals surface area contributed by atoms with Gasteiger partial charge in [-0.05, 0) is 72.6 Å². The summed E-state index contributed by atoms with van der Waals surface area (Å²) in [5, 5.41) is 12.7. The van der Waals surface area contributed by atoms with Crippen molar-refractivity contribution in [2.24, 2.45) is 10.9 Å². The lowest BCUT2D eigenvalue weighted by Crippen LogP contribution is -2.32. The van der Waals surface area contributed by atoms with Crippen molar-refractivity contribution in [2.75, 3.05) is 18.0 Å². The summed E-state index contributed by atoms with van der Waals surface area (Å²) in [6.45, 7) is 3.95. The Balaban J connectivity index is 1.89. The Labute approximate surface area is 231 Å². The first-order chi connectivity index (χ1) is 18.8. The Hall–Kier alpha value is -4.34. The van der Waals surface area contributed by atoms with Gasteiger partial charge in [0.2, 0.25) is 0 Å². The fourth-order valence-electron chi connectivity index (χ4n) is 3.30. The normalized spacial score (nSPS) is 12.0. The second-order valence-electron chi connectivity index (χ2n) is 8.31. The van der Waals surface area contributed by atoms with Gasteiger partial charge in [-0.1, -0.05) is 19.1 Å². The second kappa shape index (κ2) is 12.7. The highest BCUT2D eigenvalue weighted by atomic mass is 32.2. The maximum Gasteiger partial charge on any atom is 0.340 e. The Morgan fingerprint density at radius 3 is 2.25 bits per heavy atom. The van der Waals surface area contributed by atoms with Crippen molar-refractivity contribution < 1.29 is 40.6 Å². The van der Waals surface area contributed by atoms with E-state index in [0.717, 1.165) is 22.9 Å². The van der Waals surface area contributed by atoms with Crippen molar-refractivity contribution in [3.05, 3.63) is 77.9 Å². The lowest BCUT2D eigenvalue weighted by atomic mass is 10.2. The third kappa shape index (κ3) is 7.40. The van der Waals surface area contributed by atoms with Gasteiger partial charge in [-0.15, -0.1) is 0 Å². The lowest BCUT2D eigenvalue weighted by molar-refractivity contribution is 0.0697. The fraction of sp³-hybridized carbons (Fsp3) is 0.200. The highest BCUT2D eigenvalue weighted by molar-refractivity contribution is 7.94. The number of guanidine groups is 1. The molecule has 0 spiro atoms. The molecule has 0 amide bonds. The molecule has 15 heteroatoms. The molecule has 3 aromatic carbocycles. The van der Waals surface area contributed by atoms with Crippen LogP contribution in [0.25, 0.3) is 0 Å². The molecule has 3 rings (SSSR count). The molecule has 40 heavy (non-hydrogen) atoms. The Bertz CT molecular complexity index is 1610. The quantitative estimate of drug-likeness (QED) is 0.0922. The molecule has 0 aliphatic carbocycles. The van der Waals surface area contributed by atoms with Gasteiger partial charge in [0.15, 0.2) is 5.75 Å². The highest BCUT2D eigenvalue weighted by Gasteiger charge is 2.31. The van der Waals surface area contributed by atoms with Gasteiger partial charge < -0.3 is 19.9 Å². The first-order valence-electron chi connectivity index (χ1n) is 11.7. The van der Waals surface area contributed by atoms with Crippen LogP contribution >= 0.6 is 0 Å². The molecule has 0 saturated carbocycles. The number of sulfonamides is 1. The van der Waals surface area contributed by atoms with Crippen LogP contribution < -0.4 is 24.5 Å². The average Bonchev–Trinajstić information content (AvgIpc) is 2.91. The molecule has 3 aromatic rings. The number of oxime groups is 1. The van der Waals surface area contributed by atoms with E-state index in [2.05, 4.69) is 10.6 Å². The zero-order valence-corrected chi connectivity index (χ0v) is 23.4. The summed E-state index contributed by atoms with van der Waals surface area (Å²) < 4.78 is 59.6. The van der Waals surface area contributed by atoms with Crippen molar-refractivity contribution in [3.8, 4) is 11.5 Å². The van der Waals surface area contributed by atoms with Crippen molar-refractivity contribution in [1.29, 1.82) is 0 Å². The Morgan fingerprint density at radius 1 is 1.00 bits per heavy atom. The van der Waals surface area contributed by atoms with Gasteiger partial charge in [0, 0.05) is 13.1 Å². The van der Waals surface area contributed by atoms with E-state index in [0.29, 0.717) is 12.2 Å². The van der Waals surface area contributed by atoms with Gasteiger partial charge in [0.1, 0.15) is 15.5 Å². The van der Waals surface area contributed by atoms with Crippen molar-refractivity contribution in [2.45, 2.75) is 30.1 Å². The molecule has 0 saturated heterocycles. The number of hydrogen-bond acceptors (Lipinski definition) is 9. The third-order valence-corrected chi connectivity index (χ3v) is 8.48. The molecule has 13 nitrogen and oxygen atoms in total. The number of hydroxylamine groups is 1. The molecule has 0 radical (unpaired) electrons. The predicted molar refractivity (Wildman–Crippen MR) is 146 cm³/mol. The Morgan fingerprint density at radius 2 is 1.62 bits per heavy atom. The van der Waals surface area contributed by atoms with Crippen LogP contribution in [0.3, 0.4) is 0 Å². The number of benzene rings is 3. The van der Waals surface area contributed by atoms with Crippen LogP contribution in [0.15, 0.2) is 81.7 Å². The Kier molecular flexibility index (Phi) is 9.57. The molecular weight excluding hydrogens is 564 g/mol. The summed E-state index contributed by atoms with van der Waals surface area (Å²) in [5.41, 5.74) is 8.65. The topological polar surface area (TPSA) is 187 Å². The standard InChI is InChI=1S/C25H28N4O9S2/c1-4-13-36-27-25(26)28-37-20-14-17(2)15-21(16-20)38-40(34,35)23-8-6-5-7-22(23)39(32,33)29(3)19-11-9-18(10-12-19)24(30)31/h5-12,14-16H,4,13H2,1-3H3,(H,30,31)(H3,26,27,28). The number of aryl methyl sites for hydroxylation is 1. The second-order valence-corrected chi connectivity index (χ2v) is 11.8. The molecule has 0 fully saturated rings. The maximum atomic E-state index is 13.4. The van der Waals surface area contributed by atoms with Gasteiger partial charge in [0.25, 0.3) is 16.0 Å². The van der Waals surface area contributed by atoms with E-state index in [-0.39, 0.29) is 28.7 Å². The van der Waals surface area contributed by atoms with E-state index in [1.54, 1.807) is 13.0 Å². The molecule has 0 unspecified atom stereocenters. The smallest absolute Gasteiger partial charge is 0.340 e. The molecular formula is C25H28N4O9S2. The van der Waals surface area contributed by atoms with Crippen LogP contribution in [0.2, 0.25) is 0 Å². The van der Waals surface area contributed by atoms with Crippen LogP contribution in [0.5, 0.6) is 11.5 Å². The van der Waals surface area contributed by atoms with E-state index in [9.17, 15) is 21.6 Å². The third-order valence-electron chi connectivity index (χ3n) is 5.20. The first kappa shape index (κ1) is 30.2. The van der Waals surface area contributed by atoms with Gasteiger partial charge in [-0.25, -0.2) is 18.7 Å². The lowest BCUT2D eigenvalue weighted by Gasteiger charge is -2.21. The number of nitrogens with zero attached hydrogens (tertiary/aromatic N) is 2. The predicted octanol–water partition coefficient (Wildman–Crippen LogP) is 2.83. The largest absolute Gasteiger partial charge is 0.478 e. The van der Waals surface area contributed by atoms with Crippen LogP contribution in [0, 0.1) is 6.92 Å². The number of carboxylic acids is 1. The summed E-state index contributed by atoms with van der Waals surface area (Å²) in [4.78, 5) is 20.2. The molecule has 4 N–H and O–H groups in total. The molecule has 0 aliphatic rings. The van der Waals surface area contributed by atoms with Crippen molar-refractivity contribution in [1.82, 2.24) is 5.48 Å². The first-order valence-corrected chi connectivity index (χ1v) is 14.6. The van der Waals surface area contributed by atoms with Crippen molar-refractivity contribution >= 4 is 37.8 Å². The minimum Gasteiger partial charge on any atom is -0.478 e. The molecule has 0 heterocycles. The van der Waals surface area contributed by atoms with E-state index < -0.39 is 35.9 Å². The molecule has 0 aliphatic heterocycles. The molecule has 214 valence electrons. The van der Waals surface area contributed by atoms with E-state index >= 15 is 0 Å². The van der Waals surface area contributed by atoms with E-state index in [1.807, 2.05) is 6.92 Å². The highest BCUT2D eigenvalue weighted by Crippen LogP contribution is 2.31. The van der Waals surface area contributed by atoms with Gasteiger partial charge in [-0.3, -0.25) is 9.14 Å². The van der Waals surface area contributed by atoms with Crippen LogP contribution in [0.1, 0.15) is 29.3 Å². The molecule has 0 bridgehead atoms. The van der Waals surface area contributed by atoms with Gasteiger partial charge in [0.05, 0.1) is 17.9 Å². The van der Waals surface area contributed by atoms with Crippen LogP contribution in [0.4, 0.5) is 5.69 Å². The van der Waals surface area contributed by atoms with Crippen LogP contribution in [-0.2, 0) is 25.0 Å². The number of nitrogens with two attached hydrogens (primary N) is 1. The number of carbonyl (C=O) groups is 1. The minimum absolute atomic E-state index is 0.0399.